The van der Waals surface area contributed by atoms with Gasteiger partial charge in [-0.1, -0.05) is 18.2 Å². The molecule has 1 aliphatic heterocycles. The molecular weight excluding hydrogens is 304 g/mol. The van der Waals surface area contributed by atoms with Gasteiger partial charge in [-0.15, -0.1) is 0 Å². The van der Waals surface area contributed by atoms with Crippen LogP contribution in [0.4, 0.5) is 0 Å². The number of esters is 1. The van der Waals surface area contributed by atoms with Crippen molar-refractivity contribution in [1.29, 1.82) is 0 Å². The van der Waals surface area contributed by atoms with Gasteiger partial charge in [0.2, 0.25) is 5.91 Å². The number of amides is 1. The number of likely N-dealkylation sites (tertiary alicyclic amines) is 1. The molecule has 5 nitrogen and oxygen atoms in total. The van der Waals surface area contributed by atoms with E-state index in [-0.39, 0.29) is 11.9 Å². The molecule has 5 heteroatoms. The van der Waals surface area contributed by atoms with Gasteiger partial charge in [-0.05, 0) is 30.4 Å². The van der Waals surface area contributed by atoms with Gasteiger partial charge in [0.25, 0.3) is 0 Å². The molecule has 1 aliphatic rings. The Morgan fingerprint density at radius 3 is 2.62 bits per heavy atom. The summed E-state index contributed by atoms with van der Waals surface area (Å²) in [7, 11) is 3.43. The highest BCUT2D eigenvalue weighted by molar-refractivity contribution is 5.89. The molecule has 2 heterocycles. The number of aromatic nitrogens is 1. The van der Waals surface area contributed by atoms with Gasteiger partial charge >= 0.3 is 5.97 Å². The minimum Gasteiger partial charge on any atom is -0.469 e. The SMILES string of the molecule is COC(=O)CC1CCN(C(=O)Cc2cn(C)c3ccccc23)CC1. The smallest absolute Gasteiger partial charge is 0.305 e. The third-order valence-electron chi connectivity index (χ3n) is 4.97. The van der Waals surface area contributed by atoms with Gasteiger partial charge in [0.05, 0.1) is 13.5 Å². The van der Waals surface area contributed by atoms with Gasteiger partial charge in [0, 0.05) is 43.7 Å². The van der Waals surface area contributed by atoms with Crippen molar-refractivity contribution in [2.45, 2.75) is 25.7 Å². The first-order chi connectivity index (χ1) is 11.6. The lowest BCUT2D eigenvalue weighted by Crippen LogP contribution is -2.39. The lowest BCUT2D eigenvalue weighted by Gasteiger charge is -2.31. The quantitative estimate of drug-likeness (QED) is 0.811. The van der Waals surface area contributed by atoms with Crippen LogP contribution in [0.25, 0.3) is 10.9 Å². The number of piperidine rings is 1. The van der Waals surface area contributed by atoms with Crippen molar-refractivity contribution >= 4 is 22.8 Å². The number of nitrogens with zero attached hydrogens (tertiary/aromatic N) is 2. The molecule has 1 fully saturated rings. The van der Waals surface area contributed by atoms with Crippen LogP contribution in [0.5, 0.6) is 0 Å². The Kier molecular flexibility index (Phi) is 4.88. The van der Waals surface area contributed by atoms with E-state index in [4.69, 9.17) is 4.74 Å². The van der Waals surface area contributed by atoms with Gasteiger partial charge in [0.1, 0.15) is 0 Å². The molecule has 1 amide bonds. The minimum absolute atomic E-state index is 0.157. The number of hydrogen-bond acceptors (Lipinski definition) is 3. The van der Waals surface area contributed by atoms with E-state index in [1.165, 1.54) is 7.11 Å². The first kappa shape index (κ1) is 16.6. The van der Waals surface area contributed by atoms with Crippen LogP contribution in [-0.4, -0.2) is 41.5 Å². The second-order valence-corrected chi connectivity index (χ2v) is 6.56. The first-order valence-electron chi connectivity index (χ1n) is 8.46. The number of ether oxygens (including phenoxy) is 1. The Bertz CT molecular complexity index is 742. The van der Waals surface area contributed by atoms with Crippen molar-refractivity contribution < 1.29 is 14.3 Å². The summed E-state index contributed by atoms with van der Waals surface area (Å²) in [6.07, 6.45) is 4.68. The zero-order chi connectivity index (χ0) is 17.1. The van der Waals surface area contributed by atoms with Gasteiger partial charge in [0.15, 0.2) is 0 Å². The van der Waals surface area contributed by atoms with E-state index >= 15 is 0 Å². The number of fused-ring (bicyclic) bond motifs is 1. The normalized spacial score (nSPS) is 15.7. The summed E-state index contributed by atoms with van der Waals surface area (Å²) in [6, 6.07) is 8.16. The predicted molar refractivity (Wildman–Crippen MR) is 92.6 cm³/mol. The van der Waals surface area contributed by atoms with Crippen molar-refractivity contribution in [2.24, 2.45) is 13.0 Å². The monoisotopic (exact) mass is 328 g/mol. The zero-order valence-corrected chi connectivity index (χ0v) is 14.3. The Balaban J connectivity index is 1.61. The Morgan fingerprint density at radius 2 is 1.92 bits per heavy atom. The fourth-order valence-electron chi connectivity index (χ4n) is 3.55. The van der Waals surface area contributed by atoms with E-state index in [0.717, 1.165) is 42.4 Å². The van der Waals surface area contributed by atoms with Crippen LogP contribution in [-0.2, 0) is 27.8 Å². The second kappa shape index (κ2) is 7.07. The summed E-state index contributed by atoms with van der Waals surface area (Å²) in [5, 5.41) is 1.15. The number of benzene rings is 1. The largest absolute Gasteiger partial charge is 0.469 e. The number of hydrogen-bond donors (Lipinski definition) is 0. The summed E-state index contributed by atoms with van der Waals surface area (Å²) in [4.78, 5) is 25.9. The average Bonchev–Trinajstić information content (AvgIpc) is 2.91. The van der Waals surface area contributed by atoms with Crippen LogP contribution in [0.3, 0.4) is 0 Å². The van der Waals surface area contributed by atoms with Crippen LogP contribution < -0.4 is 0 Å². The summed E-state index contributed by atoms with van der Waals surface area (Å²) < 4.78 is 6.80. The summed E-state index contributed by atoms with van der Waals surface area (Å²) in [5.41, 5.74) is 2.23. The first-order valence-corrected chi connectivity index (χ1v) is 8.46. The topological polar surface area (TPSA) is 51.5 Å². The predicted octanol–water partition coefficient (Wildman–Crippen LogP) is 2.52. The zero-order valence-electron chi connectivity index (χ0n) is 14.3. The number of carbonyl (C=O) groups excluding carboxylic acids is 2. The summed E-state index contributed by atoms with van der Waals surface area (Å²) >= 11 is 0. The molecule has 1 aromatic carbocycles. The van der Waals surface area contributed by atoms with Crippen molar-refractivity contribution in [2.75, 3.05) is 20.2 Å². The van der Waals surface area contributed by atoms with E-state index in [9.17, 15) is 9.59 Å². The van der Waals surface area contributed by atoms with Crippen molar-refractivity contribution in [3.63, 3.8) is 0 Å². The molecule has 0 saturated carbocycles. The Labute approximate surface area is 142 Å². The number of carbonyl (C=O) groups is 2. The number of rotatable bonds is 4. The van der Waals surface area contributed by atoms with Crippen LogP contribution in [0, 0.1) is 5.92 Å². The minimum atomic E-state index is -0.157. The molecule has 0 radical (unpaired) electrons. The van der Waals surface area contributed by atoms with Gasteiger partial charge in [-0.2, -0.15) is 0 Å². The second-order valence-electron chi connectivity index (χ2n) is 6.56. The number of methoxy groups -OCH3 is 1. The number of para-hydroxylation sites is 1. The fraction of sp³-hybridized carbons (Fsp3) is 0.474. The Morgan fingerprint density at radius 1 is 1.21 bits per heavy atom. The highest BCUT2D eigenvalue weighted by Gasteiger charge is 2.25. The molecule has 0 atom stereocenters. The molecule has 1 aromatic heterocycles. The molecule has 2 aromatic rings. The molecule has 0 aliphatic carbocycles. The molecule has 128 valence electrons. The van der Waals surface area contributed by atoms with Crippen molar-refractivity contribution in [1.82, 2.24) is 9.47 Å². The third kappa shape index (κ3) is 3.45. The number of aryl methyl sites for hydroxylation is 1. The third-order valence-corrected chi connectivity index (χ3v) is 4.97. The summed E-state index contributed by atoms with van der Waals surface area (Å²) in [5.74, 6) is 0.345. The lowest BCUT2D eigenvalue weighted by molar-refractivity contribution is -0.142. The molecule has 0 spiro atoms. The van der Waals surface area contributed by atoms with Gasteiger partial charge in [-0.25, -0.2) is 0 Å². The van der Waals surface area contributed by atoms with E-state index in [1.807, 2.05) is 30.3 Å². The molecule has 24 heavy (non-hydrogen) atoms. The van der Waals surface area contributed by atoms with Crippen LogP contribution >= 0.6 is 0 Å². The van der Waals surface area contributed by atoms with E-state index < -0.39 is 0 Å². The van der Waals surface area contributed by atoms with Crippen LogP contribution in [0.2, 0.25) is 0 Å². The van der Waals surface area contributed by atoms with Crippen molar-refractivity contribution in [3.8, 4) is 0 Å². The highest BCUT2D eigenvalue weighted by Crippen LogP contribution is 2.24. The van der Waals surface area contributed by atoms with E-state index in [2.05, 4.69) is 16.7 Å². The molecule has 0 N–H and O–H groups in total. The van der Waals surface area contributed by atoms with E-state index in [0.29, 0.717) is 18.8 Å². The Hall–Kier alpha value is -2.30. The maximum Gasteiger partial charge on any atom is 0.305 e. The maximum absolute atomic E-state index is 12.6. The molecule has 3 rings (SSSR count). The molecule has 0 bridgehead atoms. The van der Waals surface area contributed by atoms with E-state index in [1.54, 1.807) is 0 Å². The van der Waals surface area contributed by atoms with Crippen LogP contribution in [0.1, 0.15) is 24.8 Å². The molecule has 1 saturated heterocycles. The van der Waals surface area contributed by atoms with Crippen LogP contribution in [0.15, 0.2) is 30.5 Å². The molecular formula is C19H24N2O3. The highest BCUT2D eigenvalue weighted by atomic mass is 16.5. The fourth-order valence-corrected chi connectivity index (χ4v) is 3.55. The maximum atomic E-state index is 12.6. The van der Waals surface area contributed by atoms with Gasteiger partial charge < -0.3 is 14.2 Å². The van der Waals surface area contributed by atoms with Gasteiger partial charge in [-0.3, -0.25) is 9.59 Å². The lowest BCUT2D eigenvalue weighted by atomic mass is 9.93. The summed E-state index contributed by atoms with van der Waals surface area (Å²) in [6.45, 7) is 1.45. The molecule has 0 unspecified atom stereocenters. The van der Waals surface area contributed by atoms with Crippen molar-refractivity contribution in [3.05, 3.63) is 36.0 Å². The average molecular weight is 328 g/mol. The standard InChI is InChI=1S/C19H24N2O3/c1-20-13-15(16-5-3-4-6-17(16)20)12-18(22)21-9-7-14(8-10-21)11-19(23)24-2/h3-6,13-14H,7-12H2,1-2H3.